The van der Waals surface area contributed by atoms with Gasteiger partial charge in [-0.3, -0.25) is 5.32 Å². The van der Waals surface area contributed by atoms with Gasteiger partial charge in [-0.25, -0.2) is 4.79 Å². The highest BCUT2D eigenvalue weighted by atomic mass is 16.5. The van der Waals surface area contributed by atoms with Crippen molar-refractivity contribution in [3.63, 3.8) is 0 Å². The molecule has 3 nitrogen and oxygen atoms in total. The van der Waals surface area contributed by atoms with Gasteiger partial charge in [0.25, 0.3) is 0 Å². The van der Waals surface area contributed by atoms with E-state index in [4.69, 9.17) is 0 Å². The Labute approximate surface area is 96.8 Å². The zero-order valence-corrected chi connectivity index (χ0v) is 10.1. The van der Waals surface area contributed by atoms with E-state index in [1.807, 2.05) is 24.3 Å². The summed E-state index contributed by atoms with van der Waals surface area (Å²) in [6.07, 6.45) is 1.83. The van der Waals surface area contributed by atoms with Crippen LogP contribution in [0.15, 0.2) is 24.3 Å². The Morgan fingerprint density at radius 2 is 1.94 bits per heavy atom. The number of hydrogen-bond acceptors (Lipinski definition) is 2. The third kappa shape index (κ3) is 4.34. The van der Waals surface area contributed by atoms with Gasteiger partial charge in [0.15, 0.2) is 0 Å². The van der Waals surface area contributed by atoms with Gasteiger partial charge in [0.05, 0.1) is 7.11 Å². The van der Waals surface area contributed by atoms with Gasteiger partial charge >= 0.3 is 6.09 Å². The fourth-order valence-corrected chi connectivity index (χ4v) is 1.38. The van der Waals surface area contributed by atoms with E-state index < -0.39 is 6.09 Å². The van der Waals surface area contributed by atoms with Gasteiger partial charge in [0, 0.05) is 5.69 Å². The summed E-state index contributed by atoms with van der Waals surface area (Å²) in [6, 6.07) is 7.86. The molecule has 1 N–H and O–H groups in total. The van der Waals surface area contributed by atoms with E-state index in [-0.39, 0.29) is 0 Å². The minimum Gasteiger partial charge on any atom is -0.453 e. The SMILES string of the molecule is COC(=O)Nc1ccc(CCC(C)C)cc1. The number of carbonyl (C=O) groups excluding carboxylic acids is 1. The molecule has 1 aromatic rings. The normalized spacial score (nSPS) is 10.2. The number of ether oxygens (including phenoxy) is 1. The first-order chi connectivity index (χ1) is 7.61. The second kappa shape index (κ2) is 6.16. The van der Waals surface area contributed by atoms with Gasteiger partial charge < -0.3 is 4.74 Å². The standard InChI is InChI=1S/C13H19NO2/c1-10(2)4-5-11-6-8-12(9-7-11)14-13(15)16-3/h6-10H,4-5H2,1-3H3,(H,14,15). The van der Waals surface area contributed by atoms with Crippen molar-refractivity contribution in [2.75, 3.05) is 12.4 Å². The predicted octanol–water partition coefficient (Wildman–Crippen LogP) is 3.45. The van der Waals surface area contributed by atoms with E-state index in [1.54, 1.807) is 0 Å². The van der Waals surface area contributed by atoms with E-state index in [0.29, 0.717) is 5.92 Å². The van der Waals surface area contributed by atoms with Crippen molar-refractivity contribution in [2.24, 2.45) is 5.92 Å². The molecule has 0 heterocycles. The van der Waals surface area contributed by atoms with Gasteiger partial charge in [-0.1, -0.05) is 26.0 Å². The molecule has 0 aliphatic heterocycles. The van der Waals surface area contributed by atoms with Crippen LogP contribution < -0.4 is 5.32 Å². The zero-order valence-electron chi connectivity index (χ0n) is 10.1. The van der Waals surface area contributed by atoms with E-state index in [2.05, 4.69) is 23.9 Å². The Bertz CT molecular complexity index is 330. The average molecular weight is 221 g/mol. The van der Waals surface area contributed by atoms with Crippen LogP contribution in [-0.4, -0.2) is 13.2 Å². The molecule has 0 saturated carbocycles. The summed E-state index contributed by atoms with van der Waals surface area (Å²) < 4.78 is 4.51. The minimum atomic E-state index is -0.435. The summed E-state index contributed by atoms with van der Waals surface area (Å²) in [6.45, 7) is 4.43. The number of anilines is 1. The molecule has 88 valence electrons. The maximum Gasteiger partial charge on any atom is 0.411 e. The van der Waals surface area contributed by atoms with Crippen molar-refractivity contribution in [3.8, 4) is 0 Å². The van der Waals surface area contributed by atoms with Crippen LogP contribution in [0.4, 0.5) is 10.5 Å². The molecule has 1 aromatic carbocycles. The van der Waals surface area contributed by atoms with Crippen LogP contribution in [0.5, 0.6) is 0 Å². The molecule has 0 saturated heterocycles. The number of nitrogens with one attached hydrogen (secondary N) is 1. The topological polar surface area (TPSA) is 38.3 Å². The highest BCUT2D eigenvalue weighted by Gasteiger charge is 2.01. The highest BCUT2D eigenvalue weighted by Crippen LogP contribution is 2.13. The lowest BCUT2D eigenvalue weighted by atomic mass is 10.0. The molecule has 3 heteroatoms. The maximum atomic E-state index is 10.9. The largest absolute Gasteiger partial charge is 0.453 e. The smallest absolute Gasteiger partial charge is 0.411 e. The number of benzene rings is 1. The number of rotatable bonds is 4. The molecule has 0 aromatic heterocycles. The molecule has 0 bridgehead atoms. The monoisotopic (exact) mass is 221 g/mol. The van der Waals surface area contributed by atoms with Crippen LogP contribution in [0.3, 0.4) is 0 Å². The number of carbonyl (C=O) groups is 1. The molecule has 0 spiro atoms. The number of methoxy groups -OCH3 is 1. The second-order valence-electron chi connectivity index (χ2n) is 4.25. The summed E-state index contributed by atoms with van der Waals surface area (Å²) in [4.78, 5) is 10.9. The summed E-state index contributed by atoms with van der Waals surface area (Å²) >= 11 is 0. The number of aryl methyl sites for hydroxylation is 1. The van der Waals surface area contributed by atoms with Crippen LogP contribution in [-0.2, 0) is 11.2 Å². The Kier molecular flexibility index (Phi) is 4.83. The first kappa shape index (κ1) is 12.6. The van der Waals surface area contributed by atoms with Gasteiger partial charge in [0.2, 0.25) is 0 Å². The molecule has 16 heavy (non-hydrogen) atoms. The lowest BCUT2D eigenvalue weighted by Gasteiger charge is -2.06. The average Bonchev–Trinajstić information content (AvgIpc) is 2.28. The van der Waals surface area contributed by atoms with Crippen molar-refractivity contribution in [1.82, 2.24) is 0 Å². The quantitative estimate of drug-likeness (QED) is 0.845. The fraction of sp³-hybridized carbons (Fsp3) is 0.462. The Hall–Kier alpha value is -1.51. The van der Waals surface area contributed by atoms with Gasteiger partial charge in [-0.15, -0.1) is 0 Å². The minimum absolute atomic E-state index is 0.435. The first-order valence-electron chi connectivity index (χ1n) is 5.55. The molecule has 1 amide bonds. The molecular weight excluding hydrogens is 202 g/mol. The van der Waals surface area contributed by atoms with Gasteiger partial charge in [0.1, 0.15) is 0 Å². The molecule has 0 fully saturated rings. The second-order valence-corrected chi connectivity index (χ2v) is 4.25. The number of hydrogen-bond donors (Lipinski definition) is 1. The van der Waals surface area contributed by atoms with Gasteiger partial charge in [-0.2, -0.15) is 0 Å². The van der Waals surface area contributed by atoms with E-state index in [0.717, 1.165) is 12.1 Å². The van der Waals surface area contributed by atoms with Crippen LogP contribution in [0.2, 0.25) is 0 Å². The molecule has 0 unspecified atom stereocenters. The van der Waals surface area contributed by atoms with Gasteiger partial charge in [-0.05, 0) is 36.5 Å². The maximum absolute atomic E-state index is 10.9. The highest BCUT2D eigenvalue weighted by molar-refractivity contribution is 5.84. The fourth-order valence-electron chi connectivity index (χ4n) is 1.38. The molecule has 0 atom stereocenters. The first-order valence-corrected chi connectivity index (χ1v) is 5.55. The van der Waals surface area contributed by atoms with Crippen molar-refractivity contribution < 1.29 is 9.53 Å². The third-order valence-electron chi connectivity index (χ3n) is 2.40. The Morgan fingerprint density at radius 1 is 1.31 bits per heavy atom. The number of amides is 1. The molecule has 0 radical (unpaired) electrons. The predicted molar refractivity (Wildman–Crippen MR) is 65.6 cm³/mol. The molecule has 0 aliphatic carbocycles. The summed E-state index contributed by atoms with van der Waals surface area (Å²) in [5.74, 6) is 0.716. The zero-order chi connectivity index (χ0) is 12.0. The lowest BCUT2D eigenvalue weighted by Crippen LogP contribution is -2.10. The van der Waals surface area contributed by atoms with Crippen molar-refractivity contribution in [2.45, 2.75) is 26.7 Å². The van der Waals surface area contributed by atoms with E-state index in [1.165, 1.54) is 19.1 Å². The van der Waals surface area contributed by atoms with Crippen LogP contribution in [0.1, 0.15) is 25.8 Å². The van der Waals surface area contributed by atoms with E-state index in [9.17, 15) is 4.79 Å². The Balaban J connectivity index is 2.51. The Morgan fingerprint density at radius 3 is 2.44 bits per heavy atom. The van der Waals surface area contributed by atoms with Crippen LogP contribution in [0.25, 0.3) is 0 Å². The van der Waals surface area contributed by atoms with Crippen molar-refractivity contribution >= 4 is 11.8 Å². The molecular formula is C13H19NO2. The van der Waals surface area contributed by atoms with Crippen molar-refractivity contribution in [1.29, 1.82) is 0 Å². The molecule has 0 aliphatic rings. The van der Waals surface area contributed by atoms with Crippen molar-refractivity contribution in [3.05, 3.63) is 29.8 Å². The van der Waals surface area contributed by atoms with Crippen LogP contribution in [0, 0.1) is 5.92 Å². The van der Waals surface area contributed by atoms with E-state index >= 15 is 0 Å². The molecule has 1 rings (SSSR count). The third-order valence-corrected chi connectivity index (χ3v) is 2.40. The summed E-state index contributed by atoms with van der Waals surface area (Å²) in [5.41, 5.74) is 2.06. The lowest BCUT2D eigenvalue weighted by molar-refractivity contribution is 0.187. The summed E-state index contributed by atoms with van der Waals surface area (Å²) in [7, 11) is 1.35. The summed E-state index contributed by atoms with van der Waals surface area (Å²) in [5, 5.41) is 2.62. The van der Waals surface area contributed by atoms with Crippen LogP contribution >= 0.6 is 0 Å².